The summed E-state index contributed by atoms with van der Waals surface area (Å²) >= 11 is 0. The number of nitrogens with zero attached hydrogens (tertiary/aromatic N) is 1. The van der Waals surface area contributed by atoms with E-state index >= 15 is 0 Å². The fourth-order valence-electron chi connectivity index (χ4n) is 3.26. The predicted molar refractivity (Wildman–Crippen MR) is 111 cm³/mol. The normalized spacial score (nSPS) is 17.7. The largest absolute Gasteiger partial charge is 0.491 e. The van der Waals surface area contributed by atoms with Crippen molar-refractivity contribution in [2.24, 2.45) is 0 Å². The zero-order valence-electron chi connectivity index (χ0n) is 17.0. The fourth-order valence-corrected chi connectivity index (χ4v) is 3.89. The molecule has 2 atom stereocenters. The molecule has 3 rings (SSSR count). The maximum absolute atomic E-state index is 12.8. The minimum absolute atomic E-state index is 0.115. The Morgan fingerprint density at radius 2 is 1.83 bits per heavy atom. The van der Waals surface area contributed by atoms with Gasteiger partial charge in [0.25, 0.3) is 5.91 Å². The van der Waals surface area contributed by atoms with Crippen LogP contribution in [0.25, 0.3) is 0 Å². The van der Waals surface area contributed by atoms with Gasteiger partial charge in [-0.1, -0.05) is 12.1 Å². The molecule has 1 aliphatic rings. The molecule has 0 N–H and O–H groups in total. The molecule has 1 saturated heterocycles. The number of hydrogen-bond acceptors (Lipinski definition) is 5. The smallest absolute Gasteiger partial charge is 0.254 e. The summed E-state index contributed by atoms with van der Waals surface area (Å²) in [5, 5.41) is 0. The Balaban J connectivity index is 1.62. The van der Waals surface area contributed by atoms with Crippen LogP contribution >= 0.6 is 0 Å². The zero-order valence-corrected chi connectivity index (χ0v) is 17.8. The number of amides is 1. The first-order valence-electron chi connectivity index (χ1n) is 9.67. The van der Waals surface area contributed by atoms with Crippen molar-refractivity contribution in [3.63, 3.8) is 0 Å². The van der Waals surface area contributed by atoms with E-state index in [0.29, 0.717) is 17.9 Å². The highest BCUT2D eigenvalue weighted by Crippen LogP contribution is 2.23. The van der Waals surface area contributed by atoms with Gasteiger partial charge < -0.3 is 14.4 Å². The third-order valence-corrected chi connectivity index (χ3v) is 6.38. The van der Waals surface area contributed by atoms with Gasteiger partial charge in [0, 0.05) is 25.5 Å². The summed E-state index contributed by atoms with van der Waals surface area (Å²) < 4.78 is 34.5. The molecule has 0 spiro atoms. The van der Waals surface area contributed by atoms with Gasteiger partial charge in [-0.25, -0.2) is 8.42 Å². The Morgan fingerprint density at radius 3 is 2.38 bits per heavy atom. The lowest BCUT2D eigenvalue weighted by molar-refractivity contribution is 0.0678. The molecule has 7 heteroatoms. The summed E-state index contributed by atoms with van der Waals surface area (Å²) in [5.41, 5.74) is 1.43. The molecule has 2 aromatic rings. The van der Waals surface area contributed by atoms with Crippen LogP contribution in [0.4, 0.5) is 0 Å². The van der Waals surface area contributed by atoms with Crippen molar-refractivity contribution in [3.8, 4) is 5.75 Å². The van der Waals surface area contributed by atoms with E-state index < -0.39 is 9.84 Å². The predicted octanol–water partition coefficient (Wildman–Crippen LogP) is 3.48. The minimum atomic E-state index is -3.24. The monoisotopic (exact) mass is 417 g/mol. The molecule has 0 aromatic heterocycles. The average Bonchev–Trinajstić information content (AvgIpc) is 3.24. The molecule has 1 fully saturated rings. The molecule has 6 nitrogen and oxygen atoms in total. The van der Waals surface area contributed by atoms with Crippen LogP contribution in [0.3, 0.4) is 0 Å². The fraction of sp³-hybridized carbons (Fsp3) is 0.409. The molecule has 1 heterocycles. The van der Waals surface area contributed by atoms with Crippen LogP contribution in [-0.2, 0) is 14.6 Å². The van der Waals surface area contributed by atoms with E-state index in [-0.39, 0.29) is 22.9 Å². The van der Waals surface area contributed by atoms with Gasteiger partial charge in [0.2, 0.25) is 0 Å². The Hall–Kier alpha value is -2.38. The van der Waals surface area contributed by atoms with Gasteiger partial charge in [0.1, 0.15) is 12.4 Å². The molecule has 2 aromatic carbocycles. The first-order chi connectivity index (χ1) is 13.8. The van der Waals surface area contributed by atoms with E-state index in [4.69, 9.17) is 9.47 Å². The van der Waals surface area contributed by atoms with Crippen LogP contribution < -0.4 is 4.74 Å². The zero-order chi connectivity index (χ0) is 21.0. The first kappa shape index (κ1) is 21.3. The van der Waals surface area contributed by atoms with Gasteiger partial charge in [-0.15, -0.1) is 0 Å². The third kappa shape index (κ3) is 5.36. The maximum Gasteiger partial charge on any atom is 0.254 e. The molecule has 0 unspecified atom stereocenters. The van der Waals surface area contributed by atoms with Gasteiger partial charge in [-0.05, 0) is 61.7 Å². The van der Waals surface area contributed by atoms with E-state index in [1.807, 2.05) is 6.92 Å². The van der Waals surface area contributed by atoms with Crippen LogP contribution in [0, 0.1) is 0 Å². The second-order valence-electron chi connectivity index (χ2n) is 7.40. The second-order valence-corrected chi connectivity index (χ2v) is 9.42. The topological polar surface area (TPSA) is 72.9 Å². The van der Waals surface area contributed by atoms with E-state index in [0.717, 1.165) is 25.0 Å². The van der Waals surface area contributed by atoms with Gasteiger partial charge in [0.05, 0.1) is 17.0 Å². The molecule has 29 heavy (non-hydrogen) atoms. The molecule has 0 saturated carbocycles. The van der Waals surface area contributed by atoms with Crippen molar-refractivity contribution in [2.75, 3.05) is 26.5 Å². The molecule has 0 bridgehead atoms. The Morgan fingerprint density at radius 1 is 1.17 bits per heavy atom. The first-order valence-corrected chi connectivity index (χ1v) is 11.6. The number of ether oxygens (including phenoxy) is 2. The number of sulfone groups is 1. The molecule has 1 amide bonds. The summed E-state index contributed by atoms with van der Waals surface area (Å²) in [4.78, 5) is 14.7. The highest BCUT2D eigenvalue weighted by molar-refractivity contribution is 7.90. The number of hydrogen-bond donors (Lipinski definition) is 0. The van der Waals surface area contributed by atoms with Crippen molar-refractivity contribution < 1.29 is 22.7 Å². The van der Waals surface area contributed by atoms with Gasteiger partial charge in [-0.3, -0.25) is 4.79 Å². The number of rotatable bonds is 7. The Bertz CT molecular complexity index is 932. The standard InChI is InChI=1S/C22H27NO5S/c1-16(17-8-12-21(13-9-17)29(3,25)26)23(2)22(24)18-6-10-19(11-7-18)28-15-20-5-4-14-27-20/h6-13,16,20H,4-5,14-15H2,1-3H3/t16-,20-/m1/s1. The van der Waals surface area contributed by atoms with Crippen molar-refractivity contribution in [2.45, 2.75) is 36.8 Å². The molecule has 1 aliphatic heterocycles. The number of carbonyl (C=O) groups excluding carboxylic acids is 1. The highest BCUT2D eigenvalue weighted by atomic mass is 32.2. The van der Waals surface area contributed by atoms with Crippen molar-refractivity contribution in [3.05, 3.63) is 59.7 Å². The van der Waals surface area contributed by atoms with Gasteiger partial charge in [-0.2, -0.15) is 0 Å². The van der Waals surface area contributed by atoms with E-state index in [9.17, 15) is 13.2 Å². The van der Waals surface area contributed by atoms with E-state index in [1.54, 1.807) is 60.5 Å². The van der Waals surface area contributed by atoms with Crippen molar-refractivity contribution >= 4 is 15.7 Å². The molecule has 156 valence electrons. The lowest BCUT2D eigenvalue weighted by Gasteiger charge is -2.25. The van der Waals surface area contributed by atoms with Crippen LogP contribution in [0.1, 0.15) is 41.7 Å². The molecular formula is C22H27NO5S. The summed E-state index contributed by atoms with van der Waals surface area (Å²) in [6, 6.07) is 13.5. The number of carbonyl (C=O) groups is 1. The highest BCUT2D eigenvalue weighted by Gasteiger charge is 2.20. The van der Waals surface area contributed by atoms with E-state index in [1.165, 1.54) is 6.26 Å². The Labute approximate surface area is 172 Å². The minimum Gasteiger partial charge on any atom is -0.491 e. The maximum atomic E-state index is 12.8. The summed E-state index contributed by atoms with van der Waals surface area (Å²) in [6.45, 7) is 3.23. The molecular weight excluding hydrogens is 390 g/mol. The summed E-state index contributed by atoms with van der Waals surface area (Å²) in [6.07, 6.45) is 3.42. The van der Waals surface area contributed by atoms with Crippen LogP contribution in [0.15, 0.2) is 53.4 Å². The second kappa shape index (κ2) is 8.97. The van der Waals surface area contributed by atoms with Gasteiger partial charge in [0.15, 0.2) is 9.84 Å². The summed E-state index contributed by atoms with van der Waals surface area (Å²) in [7, 11) is -1.50. The molecule has 0 aliphatic carbocycles. The van der Waals surface area contributed by atoms with E-state index in [2.05, 4.69) is 0 Å². The Kier molecular flexibility index (Phi) is 6.59. The van der Waals surface area contributed by atoms with Gasteiger partial charge >= 0.3 is 0 Å². The van der Waals surface area contributed by atoms with Crippen LogP contribution in [0.5, 0.6) is 5.75 Å². The van der Waals surface area contributed by atoms with Crippen LogP contribution in [-0.4, -0.2) is 51.8 Å². The lowest BCUT2D eigenvalue weighted by Crippen LogP contribution is -2.29. The third-order valence-electron chi connectivity index (χ3n) is 5.25. The van der Waals surface area contributed by atoms with Crippen LogP contribution in [0.2, 0.25) is 0 Å². The summed E-state index contributed by atoms with van der Waals surface area (Å²) in [5.74, 6) is 0.597. The lowest BCUT2D eigenvalue weighted by atomic mass is 10.1. The molecule has 0 radical (unpaired) electrons. The van der Waals surface area contributed by atoms with Crippen molar-refractivity contribution in [1.82, 2.24) is 4.90 Å². The van der Waals surface area contributed by atoms with Crippen molar-refractivity contribution in [1.29, 1.82) is 0 Å². The number of benzene rings is 2. The SMILES string of the molecule is C[C@H](c1ccc(S(C)(=O)=O)cc1)N(C)C(=O)c1ccc(OC[C@H]2CCCO2)cc1. The quantitative estimate of drug-likeness (QED) is 0.690. The average molecular weight is 418 g/mol.